The average molecular weight is 224 g/mol. The van der Waals surface area contributed by atoms with Crippen LogP contribution in [0.1, 0.15) is 22.5 Å². The van der Waals surface area contributed by atoms with Crippen LogP contribution in [0.3, 0.4) is 0 Å². The topological polar surface area (TPSA) is 74.5 Å². The molecule has 1 aromatic rings. The van der Waals surface area contributed by atoms with Gasteiger partial charge in [0.15, 0.2) is 0 Å². The molecular formula is C11H16N2O3. The second-order valence-corrected chi connectivity index (χ2v) is 4.22. The molecule has 2 heterocycles. The summed E-state index contributed by atoms with van der Waals surface area (Å²) in [5.74, 6) is 0.389. The van der Waals surface area contributed by atoms with E-state index in [1.54, 1.807) is 13.0 Å². The van der Waals surface area contributed by atoms with E-state index in [1.807, 2.05) is 0 Å². The highest BCUT2D eigenvalue weighted by Gasteiger charge is 2.31. The number of β-amino-alcohol motifs (C(OH)–C–C–N with tert-alkyl or cyclic N) is 1. The Kier molecular flexibility index (Phi) is 2.98. The van der Waals surface area contributed by atoms with Crippen LogP contribution in [0.25, 0.3) is 0 Å². The van der Waals surface area contributed by atoms with Gasteiger partial charge in [-0.2, -0.15) is 0 Å². The van der Waals surface area contributed by atoms with Crippen molar-refractivity contribution in [2.24, 2.45) is 0 Å². The van der Waals surface area contributed by atoms with Crippen molar-refractivity contribution in [3.63, 3.8) is 0 Å². The minimum Gasteiger partial charge on any atom is -0.469 e. The number of rotatable bonds is 3. The third kappa shape index (κ3) is 2.25. The van der Waals surface area contributed by atoms with Gasteiger partial charge in [0.05, 0.1) is 17.4 Å². The van der Waals surface area contributed by atoms with E-state index < -0.39 is 5.60 Å². The predicted molar refractivity (Wildman–Crippen MR) is 58.2 cm³/mol. The smallest absolute Gasteiger partial charge is 0.254 e. The Morgan fingerprint density at radius 3 is 3.12 bits per heavy atom. The van der Waals surface area contributed by atoms with E-state index >= 15 is 0 Å². The summed E-state index contributed by atoms with van der Waals surface area (Å²) in [4.78, 5) is 11.7. The van der Waals surface area contributed by atoms with E-state index in [9.17, 15) is 9.90 Å². The number of carbonyl (C=O) groups excluding carboxylic acids is 1. The predicted octanol–water partition coefficient (Wildman–Crippen LogP) is 0.0422. The van der Waals surface area contributed by atoms with Gasteiger partial charge in [0.25, 0.3) is 5.91 Å². The molecule has 1 aliphatic heterocycles. The van der Waals surface area contributed by atoms with Gasteiger partial charge in [0.2, 0.25) is 0 Å². The first-order valence-electron chi connectivity index (χ1n) is 5.36. The molecule has 1 fully saturated rings. The number of hydrogen-bond donors (Lipinski definition) is 3. The lowest BCUT2D eigenvalue weighted by Gasteiger charge is -2.21. The lowest BCUT2D eigenvalue weighted by Crippen LogP contribution is -2.44. The van der Waals surface area contributed by atoms with Crippen molar-refractivity contribution in [1.82, 2.24) is 10.6 Å². The van der Waals surface area contributed by atoms with Gasteiger partial charge >= 0.3 is 0 Å². The van der Waals surface area contributed by atoms with E-state index in [0.29, 0.717) is 24.3 Å². The Hall–Kier alpha value is -1.33. The molecule has 0 aromatic carbocycles. The number of aryl methyl sites for hydroxylation is 1. The molecule has 1 aliphatic rings. The van der Waals surface area contributed by atoms with Crippen molar-refractivity contribution < 1.29 is 14.3 Å². The standard InChI is InChI=1S/C11H16N2O3/c1-8-9(2-5-16-8)10(14)13-7-11(15)3-4-12-6-11/h2,5,12,15H,3-4,6-7H2,1H3,(H,13,14). The maximum atomic E-state index is 11.7. The van der Waals surface area contributed by atoms with Crippen LogP contribution >= 0.6 is 0 Å². The molecule has 16 heavy (non-hydrogen) atoms. The van der Waals surface area contributed by atoms with Crippen LogP contribution in [0.5, 0.6) is 0 Å². The minimum atomic E-state index is -0.812. The molecule has 1 amide bonds. The van der Waals surface area contributed by atoms with Crippen molar-refractivity contribution in [1.29, 1.82) is 0 Å². The number of amides is 1. The zero-order valence-corrected chi connectivity index (χ0v) is 9.25. The summed E-state index contributed by atoms with van der Waals surface area (Å²) in [6.45, 7) is 3.32. The fourth-order valence-corrected chi connectivity index (χ4v) is 1.84. The van der Waals surface area contributed by atoms with E-state index in [4.69, 9.17) is 4.42 Å². The normalized spacial score (nSPS) is 24.6. The Labute approximate surface area is 93.8 Å². The summed E-state index contributed by atoms with van der Waals surface area (Å²) < 4.78 is 5.05. The summed E-state index contributed by atoms with van der Waals surface area (Å²) in [6, 6.07) is 1.63. The van der Waals surface area contributed by atoms with E-state index in [2.05, 4.69) is 10.6 Å². The van der Waals surface area contributed by atoms with Gasteiger partial charge < -0.3 is 20.2 Å². The SMILES string of the molecule is Cc1occc1C(=O)NCC1(O)CCNC1. The number of furan rings is 1. The number of carbonyl (C=O) groups is 1. The van der Waals surface area contributed by atoms with Gasteiger partial charge in [-0.05, 0) is 26.0 Å². The second kappa shape index (κ2) is 4.27. The maximum absolute atomic E-state index is 11.7. The van der Waals surface area contributed by atoms with E-state index in [1.165, 1.54) is 6.26 Å². The Balaban J connectivity index is 1.91. The first kappa shape index (κ1) is 11.2. The van der Waals surface area contributed by atoms with Crippen molar-refractivity contribution in [2.45, 2.75) is 18.9 Å². The van der Waals surface area contributed by atoms with Gasteiger partial charge in [-0.3, -0.25) is 4.79 Å². The number of aliphatic hydroxyl groups is 1. The third-order valence-electron chi connectivity index (χ3n) is 2.90. The van der Waals surface area contributed by atoms with Crippen LogP contribution < -0.4 is 10.6 Å². The minimum absolute atomic E-state index is 0.202. The zero-order chi connectivity index (χ0) is 11.6. The van der Waals surface area contributed by atoms with Crippen molar-refractivity contribution in [3.8, 4) is 0 Å². The molecule has 1 atom stereocenters. The monoisotopic (exact) mass is 224 g/mol. The van der Waals surface area contributed by atoms with Crippen LogP contribution in [0.2, 0.25) is 0 Å². The van der Waals surface area contributed by atoms with Gasteiger partial charge in [0, 0.05) is 13.1 Å². The lowest BCUT2D eigenvalue weighted by molar-refractivity contribution is 0.0561. The van der Waals surface area contributed by atoms with Crippen molar-refractivity contribution >= 4 is 5.91 Å². The quantitative estimate of drug-likeness (QED) is 0.678. The first-order chi connectivity index (χ1) is 7.61. The molecule has 5 nitrogen and oxygen atoms in total. The lowest BCUT2D eigenvalue weighted by atomic mass is 10.0. The molecule has 5 heteroatoms. The maximum Gasteiger partial charge on any atom is 0.254 e. The van der Waals surface area contributed by atoms with E-state index in [-0.39, 0.29) is 12.5 Å². The molecule has 0 spiro atoms. The molecule has 1 unspecified atom stereocenters. The van der Waals surface area contributed by atoms with Gasteiger partial charge in [-0.1, -0.05) is 0 Å². The highest BCUT2D eigenvalue weighted by atomic mass is 16.3. The molecule has 1 aromatic heterocycles. The van der Waals surface area contributed by atoms with Crippen molar-refractivity contribution in [3.05, 3.63) is 23.7 Å². The average Bonchev–Trinajstić information content (AvgIpc) is 2.85. The van der Waals surface area contributed by atoms with E-state index in [0.717, 1.165) is 6.54 Å². The molecule has 0 aliphatic carbocycles. The largest absolute Gasteiger partial charge is 0.469 e. The summed E-state index contributed by atoms with van der Waals surface area (Å²) >= 11 is 0. The van der Waals surface area contributed by atoms with Crippen LogP contribution in [0, 0.1) is 6.92 Å². The Morgan fingerprint density at radius 2 is 2.56 bits per heavy atom. The fourth-order valence-electron chi connectivity index (χ4n) is 1.84. The molecule has 2 rings (SSSR count). The third-order valence-corrected chi connectivity index (χ3v) is 2.90. The number of nitrogens with one attached hydrogen (secondary N) is 2. The van der Waals surface area contributed by atoms with Crippen LogP contribution in [0.15, 0.2) is 16.7 Å². The molecule has 88 valence electrons. The second-order valence-electron chi connectivity index (χ2n) is 4.22. The highest BCUT2D eigenvalue weighted by molar-refractivity contribution is 5.95. The van der Waals surface area contributed by atoms with Gasteiger partial charge in [0.1, 0.15) is 5.76 Å². The summed E-state index contributed by atoms with van der Waals surface area (Å²) in [6.07, 6.45) is 2.15. The summed E-state index contributed by atoms with van der Waals surface area (Å²) in [5, 5.41) is 15.8. The Bertz CT molecular complexity index is 380. The zero-order valence-electron chi connectivity index (χ0n) is 9.25. The number of hydrogen-bond acceptors (Lipinski definition) is 4. The molecule has 0 saturated carbocycles. The molecule has 0 radical (unpaired) electrons. The molecular weight excluding hydrogens is 208 g/mol. The van der Waals surface area contributed by atoms with Gasteiger partial charge in [-0.15, -0.1) is 0 Å². The fraction of sp³-hybridized carbons (Fsp3) is 0.545. The van der Waals surface area contributed by atoms with Crippen LogP contribution in [0.4, 0.5) is 0 Å². The van der Waals surface area contributed by atoms with Crippen LogP contribution in [-0.2, 0) is 0 Å². The molecule has 1 saturated heterocycles. The molecule has 0 bridgehead atoms. The first-order valence-corrected chi connectivity index (χ1v) is 5.36. The van der Waals surface area contributed by atoms with Crippen LogP contribution in [-0.4, -0.2) is 36.2 Å². The highest BCUT2D eigenvalue weighted by Crippen LogP contribution is 2.13. The van der Waals surface area contributed by atoms with Crippen molar-refractivity contribution in [2.75, 3.05) is 19.6 Å². The molecule has 3 N–H and O–H groups in total. The summed E-state index contributed by atoms with van der Waals surface area (Å²) in [7, 11) is 0. The summed E-state index contributed by atoms with van der Waals surface area (Å²) in [5.41, 5.74) is -0.289. The Morgan fingerprint density at radius 1 is 1.75 bits per heavy atom. The van der Waals surface area contributed by atoms with Gasteiger partial charge in [-0.25, -0.2) is 0 Å².